The van der Waals surface area contributed by atoms with Gasteiger partial charge in [0.2, 0.25) is 5.91 Å². The average Bonchev–Trinajstić information content (AvgIpc) is 3.09. The van der Waals surface area contributed by atoms with Crippen molar-refractivity contribution in [1.29, 1.82) is 0 Å². The van der Waals surface area contributed by atoms with E-state index in [1.807, 2.05) is 6.92 Å². The summed E-state index contributed by atoms with van der Waals surface area (Å²) < 4.78 is 11.0. The van der Waals surface area contributed by atoms with Gasteiger partial charge >= 0.3 is 0 Å². The molecule has 3 aromatic rings. The van der Waals surface area contributed by atoms with Crippen LogP contribution in [0.4, 0.5) is 17.1 Å². The molecule has 0 radical (unpaired) electrons. The number of nitrogens with zero attached hydrogens (tertiary/aromatic N) is 1. The molecule has 10 heteroatoms. The van der Waals surface area contributed by atoms with Gasteiger partial charge in [0.05, 0.1) is 12.1 Å². The van der Waals surface area contributed by atoms with E-state index in [0.29, 0.717) is 46.8 Å². The first-order valence-electron chi connectivity index (χ1n) is 11.4. The quantitative estimate of drug-likeness (QED) is 0.427. The number of nitrogens with one attached hydrogen (secondary N) is 2. The van der Waals surface area contributed by atoms with Crippen molar-refractivity contribution in [3.8, 4) is 11.5 Å². The zero-order valence-electron chi connectivity index (χ0n) is 19.6. The lowest BCUT2D eigenvalue weighted by Gasteiger charge is -2.19. The van der Waals surface area contributed by atoms with E-state index in [4.69, 9.17) is 32.7 Å². The molecule has 3 amide bonds. The smallest absolute Gasteiger partial charge is 0.283 e. The minimum Gasteiger partial charge on any atom is -0.486 e. The minimum absolute atomic E-state index is 0.0348. The maximum absolute atomic E-state index is 13.0. The van der Waals surface area contributed by atoms with Crippen molar-refractivity contribution >= 4 is 58.0 Å². The lowest BCUT2D eigenvalue weighted by atomic mass is 10.1. The molecule has 0 fully saturated rings. The molecule has 2 heterocycles. The monoisotopic (exact) mass is 537 g/mol. The third-order valence-corrected chi connectivity index (χ3v) is 6.61. The second kappa shape index (κ2) is 10.2. The lowest BCUT2D eigenvalue weighted by Crippen LogP contribution is -2.32. The Hall–Kier alpha value is -4.01. The van der Waals surface area contributed by atoms with Crippen LogP contribution in [0.1, 0.15) is 11.1 Å². The number of carbonyl (C=O) groups excluding carboxylic acids is 3. The van der Waals surface area contributed by atoms with E-state index in [-0.39, 0.29) is 23.1 Å². The standard InChI is InChI=1S/C27H21Cl2N3O5/c1-15-2-8-19(14-20(15)28)32-26(34)24(29)25(27(32)35)31-17-5-3-16(4-6-17)12-23(33)30-18-7-9-21-22(13-18)37-11-10-36-21/h2-9,13-14,31H,10-12H2,1H3,(H,30,33). The van der Waals surface area contributed by atoms with Crippen LogP contribution in [0.5, 0.6) is 11.5 Å². The Balaban J connectivity index is 1.23. The highest BCUT2D eigenvalue weighted by atomic mass is 35.5. The van der Waals surface area contributed by atoms with E-state index in [2.05, 4.69) is 10.6 Å². The van der Waals surface area contributed by atoms with Gasteiger partial charge in [-0.05, 0) is 54.4 Å². The molecule has 0 aromatic heterocycles. The number of hydrogen-bond acceptors (Lipinski definition) is 6. The molecule has 2 aliphatic rings. The van der Waals surface area contributed by atoms with E-state index >= 15 is 0 Å². The highest BCUT2D eigenvalue weighted by molar-refractivity contribution is 6.53. The second-order valence-electron chi connectivity index (χ2n) is 8.47. The number of halogens is 2. The number of rotatable bonds is 6. The van der Waals surface area contributed by atoms with Gasteiger partial charge in [-0.3, -0.25) is 14.4 Å². The van der Waals surface area contributed by atoms with Crippen molar-refractivity contribution in [2.45, 2.75) is 13.3 Å². The Morgan fingerprint density at radius 1 is 0.892 bits per heavy atom. The van der Waals surface area contributed by atoms with Crippen molar-refractivity contribution in [3.05, 3.63) is 87.5 Å². The molecule has 0 unspecified atom stereocenters. The van der Waals surface area contributed by atoms with Crippen molar-refractivity contribution in [1.82, 2.24) is 0 Å². The van der Waals surface area contributed by atoms with E-state index in [1.165, 1.54) is 0 Å². The summed E-state index contributed by atoms with van der Waals surface area (Å²) in [4.78, 5) is 39.2. The van der Waals surface area contributed by atoms with E-state index in [9.17, 15) is 14.4 Å². The number of carbonyl (C=O) groups is 3. The molecule has 5 rings (SSSR count). The number of ether oxygens (including phenoxy) is 2. The van der Waals surface area contributed by atoms with Crippen molar-refractivity contribution in [2.24, 2.45) is 0 Å². The van der Waals surface area contributed by atoms with Gasteiger partial charge in [0, 0.05) is 22.5 Å². The molecule has 37 heavy (non-hydrogen) atoms. The summed E-state index contributed by atoms with van der Waals surface area (Å²) in [5, 5.41) is 5.98. The third-order valence-electron chi connectivity index (χ3n) is 5.85. The number of anilines is 3. The van der Waals surface area contributed by atoms with E-state index in [1.54, 1.807) is 60.7 Å². The molecule has 188 valence electrons. The second-order valence-corrected chi connectivity index (χ2v) is 9.26. The van der Waals surface area contributed by atoms with Crippen molar-refractivity contribution < 1.29 is 23.9 Å². The molecular formula is C27H21Cl2N3O5. The predicted molar refractivity (Wildman–Crippen MR) is 141 cm³/mol. The molecular weight excluding hydrogens is 517 g/mol. The fourth-order valence-corrected chi connectivity index (χ4v) is 4.32. The first-order chi connectivity index (χ1) is 17.8. The molecule has 8 nitrogen and oxygen atoms in total. The number of imide groups is 1. The summed E-state index contributed by atoms with van der Waals surface area (Å²) in [7, 11) is 0. The third kappa shape index (κ3) is 5.12. The maximum Gasteiger partial charge on any atom is 0.283 e. The first kappa shape index (κ1) is 24.7. The van der Waals surface area contributed by atoms with Crippen LogP contribution in [-0.4, -0.2) is 30.9 Å². The van der Waals surface area contributed by atoms with Gasteiger partial charge in [-0.15, -0.1) is 0 Å². The topological polar surface area (TPSA) is 97.0 Å². The molecule has 0 aliphatic carbocycles. The Morgan fingerprint density at radius 3 is 2.32 bits per heavy atom. The van der Waals surface area contributed by atoms with Gasteiger partial charge in [-0.2, -0.15) is 0 Å². The highest BCUT2D eigenvalue weighted by Crippen LogP contribution is 2.33. The Labute approximate surface area is 222 Å². The van der Waals surface area contributed by atoms with Crippen molar-refractivity contribution in [2.75, 3.05) is 28.7 Å². The fourth-order valence-electron chi connectivity index (χ4n) is 3.93. The molecule has 0 atom stereocenters. The summed E-state index contributed by atoms with van der Waals surface area (Å²) in [5.41, 5.74) is 3.02. The Bertz CT molecular complexity index is 1450. The van der Waals surface area contributed by atoms with Crippen LogP contribution in [-0.2, 0) is 20.8 Å². The van der Waals surface area contributed by atoms with Crippen LogP contribution in [0.25, 0.3) is 0 Å². The maximum atomic E-state index is 13.0. The Kier molecular flexibility index (Phi) is 6.78. The first-order valence-corrected chi connectivity index (χ1v) is 12.2. The summed E-state index contributed by atoms with van der Waals surface area (Å²) >= 11 is 12.4. The summed E-state index contributed by atoms with van der Waals surface area (Å²) in [6.07, 6.45) is 0.136. The number of amides is 3. The van der Waals surface area contributed by atoms with Crippen LogP contribution in [0, 0.1) is 6.92 Å². The molecule has 0 saturated carbocycles. The van der Waals surface area contributed by atoms with E-state index < -0.39 is 11.8 Å². The summed E-state index contributed by atoms with van der Waals surface area (Å²) in [5.74, 6) is -0.182. The van der Waals surface area contributed by atoms with Crippen LogP contribution >= 0.6 is 23.2 Å². The van der Waals surface area contributed by atoms with Crippen LogP contribution < -0.4 is 25.0 Å². The molecule has 0 spiro atoms. The molecule has 3 aromatic carbocycles. The zero-order chi connectivity index (χ0) is 26.1. The van der Waals surface area contributed by atoms with Crippen molar-refractivity contribution in [3.63, 3.8) is 0 Å². The predicted octanol–water partition coefficient (Wildman–Crippen LogP) is 5.04. The van der Waals surface area contributed by atoms with Crippen LogP contribution in [0.3, 0.4) is 0 Å². The largest absolute Gasteiger partial charge is 0.486 e. The number of aryl methyl sites for hydroxylation is 1. The summed E-state index contributed by atoms with van der Waals surface area (Å²) in [6.45, 7) is 2.78. The van der Waals surface area contributed by atoms with Gasteiger partial charge in [-0.25, -0.2) is 4.90 Å². The van der Waals surface area contributed by atoms with Gasteiger partial charge in [-0.1, -0.05) is 41.4 Å². The van der Waals surface area contributed by atoms with Gasteiger partial charge in [0.1, 0.15) is 23.9 Å². The minimum atomic E-state index is -0.637. The van der Waals surface area contributed by atoms with Crippen LogP contribution in [0.15, 0.2) is 71.4 Å². The molecule has 0 saturated heterocycles. The van der Waals surface area contributed by atoms with Crippen LogP contribution in [0.2, 0.25) is 5.02 Å². The average molecular weight is 538 g/mol. The molecule has 2 aliphatic heterocycles. The SMILES string of the molecule is Cc1ccc(N2C(=O)C(Cl)=C(Nc3ccc(CC(=O)Nc4ccc5c(c4)OCCO5)cc3)C2=O)cc1Cl. The van der Waals surface area contributed by atoms with Gasteiger partial charge < -0.3 is 20.1 Å². The molecule has 2 N–H and O–H groups in total. The number of fused-ring (bicyclic) bond motifs is 1. The summed E-state index contributed by atoms with van der Waals surface area (Å²) in [6, 6.07) is 17.0. The fraction of sp³-hybridized carbons (Fsp3) is 0.148. The zero-order valence-corrected chi connectivity index (χ0v) is 21.2. The number of benzene rings is 3. The van der Waals surface area contributed by atoms with Gasteiger partial charge in [0.25, 0.3) is 11.8 Å². The van der Waals surface area contributed by atoms with E-state index in [0.717, 1.165) is 16.0 Å². The highest BCUT2D eigenvalue weighted by Gasteiger charge is 2.39. The Morgan fingerprint density at radius 2 is 1.59 bits per heavy atom. The van der Waals surface area contributed by atoms with Gasteiger partial charge in [0.15, 0.2) is 11.5 Å². The lowest BCUT2D eigenvalue weighted by molar-refractivity contribution is -0.120. The molecule has 0 bridgehead atoms. The number of hydrogen-bond donors (Lipinski definition) is 2. The normalized spacial score (nSPS) is 14.7.